The predicted octanol–water partition coefficient (Wildman–Crippen LogP) is 2.77. The molecule has 6 heteroatoms. The number of hydrogen-bond donors (Lipinski definition) is 1. The normalized spacial score (nSPS) is 14.7. The van der Waals surface area contributed by atoms with Gasteiger partial charge >= 0.3 is 0 Å². The van der Waals surface area contributed by atoms with Gasteiger partial charge in [-0.1, -0.05) is 6.07 Å². The predicted molar refractivity (Wildman–Crippen MR) is 103 cm³/mol. The summed E-state index contributed by atoms with van der Waals surface area (Å²) in [6.45, 7) is 7.86. The molecule has 2 heterocycles. The van der Waals surface area contributed by atoms with E-state index < -0.39 is 0 Å². The molecule has 2 aromatic heterocycles. The van der Waals surface area contributed by atoms with E-state index >= 15 is 0 Å². The number of aromatic nitrogens is 3. The first-order valence-corrected chi connectivity index (χ1v) is 9.12. The van der Waals surface area contributed by atoms with E-state index in [0.29, 0.717) is 5.82 Å². The molecule has 0 aromatic carbocycles. The van der Waals surface area contributed by atoms with Crippen LogP contribution in [0.5, 0.6) is 0 Å². The monoisotopic (exact) mass is 353 g/mol. The molecule has 0 spiro atoms. The van der Waals surface area contributed by atoms with Gasteiger partial charge in [0.15, 0.2) is 5.82 Å². The van der Waals surface area contributed by atoms with Crippen molar-refractivity contribution in [2.75, 3.05) is 11.9 Å². The van der Waals surface area contributed by atoms with E-state index in [9.17, 15) is 4.79 Å². The lowest BCUT2D eigenvalue weighted by atomic mass is 10.1. The van der Waals surface area contributed by atoms with Crippen LogP contribution in [0.15, 0.2) is 24.4 Å². The van der Waals surface area contributed by atoms with Crippen LogP contribution in [0, 0.1) is 0 Å². The smallest absolute Gasteiger partial charge is 0.242 e. The number of nitrogens with zero attached hydrogens (tertiary/aromatic N) is 4. The summed E-state index contributed by atoms with van der Waals surface area (Å²) in [5.74, 6) is 1.45. The highest BCUT2D eigenvalue weighted by atomic mass is 16.2. The zero-order valence-electron chi connectivity index (χ0n) is 16.2. The summed E-state index contributed by atoms with van der Waals surface area (Å²) in [4.78, 5) is 28.5. The largest absolute Gasteiger partial charge is 0.350 e. The Morgan fingerprint density at radius 2 is 2.00 bits per heavy atom. The molecule has 138 valence electrons. The number of amides is 1. The molecule has 0 saturated carbocycles. The number of nitrogens with one attached hydrogen (secondary N) is 1. The third-order valence-corrected chi connectivity index (χ3v) is 4.60. The Labute approximate surface area is 155 Å². The molecular formula is C20H27N5O. The Morgan fingerprint density at radius 1 is 1.23 bits per heavy atom. The van der Waals surface area contributed by atoms with Gasteiger partial charge in [0.1, 0.15) is 17.6 Å². The highest BCUT2D eigenvalue weighted by Crippen LogP contribution is 2.31. The molecule has 1 aliphatic rings. The van der Waals surface area contributed by atoms with Crippen molar-refractivity contribution >= 4 is 11.7 Å². The van der Waals surface area contributed by atoms with Crippen molar-refractivity contribution < 1.29 is 4.79 Å². The summed E-state index contributed by atoms with van der Waals surface area (Å²) in [6.07, 6.45) is 4.71. The number of anilines is 1. The van der Waals surface area contributed by atoms with Crippen molar-refractivity contribution in [2.45, 2.75) is 58.5 Å². The summed E-state index contributed by atoms with van der Waals surface area (Å²) >= 11 is 0. The first-order chi connectivity index (χ1) is 12.3. The third kappa shape index (κ3) is 3.84. The van der Waals surface area contributed by atoms with Gasteiger partial charge in [-0.3, -0.25) is 9.78 Å². The Bertz CT molecular complexity index is 798. The van der Waals surface area contributed by atoms with Crippen molar-refractivity contribution in [3.63, 3.8) is 0 Å². The summed E-state index contributed by atoms with van der Waals surface area (Å²) in [5.41, 5.74) is 2.72. The SMILES string of the molecule is C[C@H](C(=O)NC(C)(C)C)N(C)c1nc(-c2ccccn2)nc2c1CCC2. The zero-order chi connectivity index (χ0) is 18.9. The lowest BCUT2D eigenvalue weighted by Gasteiger charge is -2.30. The first-order valence-electron chi connectivity index (χ1n) is 9.12. The van der Waals surface area contributed by atoms with E-state index in [2.05, 4.69) is 10.3 Å². The number of carbonyl (C=O) groups is 1. The maximum absolute atomic E-state index is 12.6. The maximum atomic E-state index is 12.6. The Balaban J connectivity index is 1.96. The van der Waals surface area contributed by atoms with Gasteiger partial charge in [-0.15, -0.1) is 0 Å². The molecule has 26 heavy (non-hydrogen) atoms. The quantitative estimate of drug-likeness (QED) is 0.915. The third-order valence-electron chi connectivity index (χ3n) is 4.60. The summed E-state index contributed by atoms with van der Waals surface area (Å²) < 4.78 is 0. The lowest BCUT2D eigenvalue weighted by Crippen LogP contribution is -2.50. The fourth-order valence-electron chi connectivity index (χ4n) is 3.15. The summed E-state index contributed by atoms with van der Waals surface area (Å²) in [6, 6.07) is 5.39. The molecule has 0 aliphatic heterocycles. The highest BCUT2D eigenvalue weighted by molar-refractivity contribution is 5.85. The number of likely N-dealkylation sites (N-methyl/N-ethyl adjacent to an activating group) is 1. The van der Waals surface area contributed by atoms with E-state index in [1.54, 1.807) is 6.20 Å². The molecule has 0 radical (unpaired) electrons. The molecular weight excluding hydrogens is 326 g/mol. The highest BCUT2D eigenvalue weighted by Gasteiger charge is 2.28. The number of rotatable bonds is 4. The molecule has 0 bridgehead atoms. The van der Waals surface area contributed by atoms with Gasteiger partial charge in [0.2, 0.25) is 5.91 Å². The first kappa shape index (κ1) is 18.3. The minimum atomic E-state index is -0.328. The van der Waals surface area contributed by atoms with Crippen LogP contribution in [0.4, 0.5) is 5.82 Å². The standard InChI is InChI=1S/C20H27N5O/c1-13(19(26)24-20(2,3)4)25(5)18-14-9-8-11-15(14)22-17(23-18)16-10-6-7-12-21-16/h6-7,10,12-13H,8-9,11H2,1-5H3,(H,24,26)/t13-/m1/s1. The number of fused-ring (bicyclic) bond motifs is 1. The number of pyridine rings is 1. The Morgan fingerprint density at radius 3 is 2.65 bits per heavy atom. The average molecular weight is 353 g/mol. The van der Waals surface area contributed by atoms with Crippen molar-refractivity contribution in [3.05, 3.63) is 35.7 Å². The molecule has 1 amide bonds. The zero-order valence-corrected chi connectivity index (χ0v) is 16.2. The van der Waals surface area contributed by atoms with Crippen molar-refractivity contribution in [1.82, 2.24) is 20.3 Å². The van der Waals surface area contributed by atoms with Gasteiger partial charge in [0, 0.05) is 30.0 Å². The second-order valence-electron chi connectivity index (χ2n) is 7.89. The molecule has 1 atom stereocenters. The van der Waals surface area contributed by atoms with Gasteiger partial charge < -0.3 is 10.2 Å². The van der Waals surface area contributed by atoms with Gasteiger partial charge in [0.05, 0.1) is 0 Å². The number of aryl methyl sites for hydroxylation is 1. The molecule has 0 unspecified atom stereocenters. The van der Waals surface area contributed by atoms with E-state index in [4.69, 9.17) is 9.97 Å². The fourth-order valence-corrected chi connectivity index (χ4v) is 3.15. The van der Waals surface area contributed by atoms with Gasteiger partial charge in [-0.05, 0) is 59.1 Å². The molecule has 0 saturated heterocycles. The maximum Gasteiger partial charge on any atom is 0.242 e. The van der Waals surface area contributed by atoms with Crippen LogP contribution >= 0.6 is 0 Å². The summed E-state index contributed by atoms with van der Waals surface area (Å²) in [5, 5.41) is 3.05. The van der Waals surface area contributed by atoms with Crippen LogP contribution in [-0.2, 0) is 17.6 Å². The fraction of sp³-hybridized carbons (Fsp3) is 0.500. The molecule has 6 nitrogen and oxygen atoms in total. The lowest BCUT2D eigenvalue weighted by molar-refractivity contribution is -0.123. The minimum Gasteiger partial charge on any atom is -0.350 e. The van der Waals surface area contributed by atoms with Crippen LogP contribution in [0.25, 0.3) is 11.5 Å². The molecule has 0 fully saturated rings. The van der Waals surface area contributed by atoms with Crippen molar-refractivity contribution in [1.29, 1.82) is 0 Å². The Kier molecular flexibility index (Phi) is 4.94. The topological polar surface area (TPSA) is 71.0 Å². The van der Waals surface area contributed by atoms with E-state index in [0.717, 1.165) is 42.0 Å². The van der Waals surface area contributed by atoms with Crippen LogP contribution in [0.2, 0.25) is 0 Å². The minimum absolute atomic E-state index is 0.00950. The molecule has 3 rings (SSSR count). The second kappa shape index (κ2) is 7.02. The van der Waals surface area contributed by atoms with Crippen LogP contribution in [-0.4, -0.2) is 39.5 Å². The van der Waals surface area contributed by atoms with Crippen LogP contribution < -0.4 is 10.2 Å². The average Bonchev–Trinajstić information content (AvgIpc) is 3.07. The Hall–Kier alpha value is -2.50. The van der Waals surface area contributed by atoms with Gasteiger partial charge in [0.25, 0.3) is 0 Å². The van der Waals surface area contributed by atoms with Crippen LogP contribution in [0.3, 0.4) is 0 Å². The molecule has 1 N–H and O–H groups in total. The second-order valence-corrected chi connectivity index (χ2v) is 7.89. The van der Waals surface area contributed by atoms with Crippen LogP contribution in [0.1, 0.15) is 45.4 Å². The van der Waals surface area contributed by atoms with E-state index in [1.165, 1.54) is 0 Å². The van der Waals surface area contributed by atoms with Crippen molar-refractivity contribution in [2.24, 2.45) is 0 Å². The molecule has 1 aliphatic carbocycles. The van der Waals surface area contributed by atoms with Gasteiger partial charge in [-0.25, -0.2) is 9.97 Å². The summed E-state index contributed by atoms with van der Waals surface area (Å²) in [7, 11) is 1.93. The number of carbonyl (C=O) groups excluding carboxylic acids is 1. The van der Waals surface area contributed by atoms with E-state index in [1.807, 2.05) is 57.8 Å². The van der Waals surface area contributed by atoms with Crippen molar-refractivity contribution in [3.8, 4) is 11.5 Å². The van der Waals surface area contributed by atoms with E-state index in [-0.39, 0.29) is 17.5 Å². The van der Waals surface area contributed by atoms with Gasteiger partial charge in [-0.2, -0.15) is 0 Å². The number of hydrogen-bond acceptors (Lipinski definition) is 5. The molecule has 2 aromatic rings.